The summed E-state index contributed by atoms with van der Waals surface area (Å²) in [5.74, 6) is -0.823. The van der Waals surface area contributed by atoms with Gasteiger partial charge < -0.3 is 20.1 Å². The first-order chi connectivity index (χ1) is 15.4. The first-order valence-corrected chi connectivity index (χ1v) is 10.8. The maximum atomic E-state index is 12.8. The van der Waals surface area contributed by atoms with Crippen molar-refractivity contribution < 1.29 is 23.9 Å². The molecule has 3 aromatic rings. The van der Waals surface area contributed by atoms with Crippen molar-refractivity contribution in [2.45, 2.75) is 13.3 Å². The van der Waals surface area contributed by atoms with Crippen molar-refractivity contribution in [1.82, 2.24) is 5.32 Å². The molecule has 0 atom stereocenters. The van der Waals surface area contributed by atoms with Crippen LogP contribution in [0.2, 0.25) is 0 Å². The summed E-state index contributed by atoms with van der Waals surface area (Å²) in [4.78, 5) is 38.3. The van der Waals surface area contributed by atoms with Gasteiger partial charge in [-0.25, -0.2) is 4.79 Å². The van der Waals surface area contributed by atoms with E-state index in [-0.39, 0.29) is 16.5 Å². The zero-order valence-corrected chi connectivity index (χ0v) is 18.9. The van der Waals surface area contributed by atoms with E-state index in [2.05, 4.69) is 10.6 Å². The molecule has 2 aromatic carbocycles. The zero-order chi connectivity index (χ0) is 23.1. The minimum absolute atomic E-state index is 0.168. The van der Waals surface area contributed by atoms with E-state index < -0.39 is 11.9 Å². The molecule has 7 nitrogen and oxygen atoms in total. The molecule has 32 heavy (non-hydrogen) atoms. The second-order valence-electron chi connectivity index (χ2n) is 6.93. The highest BCUT2D eigenvalue weighted by atomic mass is 32.1. The van der Waals surface area contributed by atoms with Gasteiger partial charge in [0.2, 0.25) is 0 Å². The molecule has 0 aliphatic carbocycles. The number of amides is 2. The number of thiophene rings is 1. The van der Waals surface area contributed by atoms with Gasteiger partial charge in [0.25, 0.3) is 11.8 Å². The van der Waals surface area contributed by atoms with Crippen LogP contribution in [0.1, 0.15) is 41.5 Å². The third kappa shape index (κ3) is 5.33. The van der Waals surface area contributed by atoms with Crippen molar-refractivity contribution in [3.63, 3.8) is 0 Å². The van der Waals surface area contributed by atoms with E-state index in [0.29, 0.717) is 34.7 Å². The number of benzene rings is 2. The van der Waals surface area contributed by atoms with Gasteiger partial charge >= 0.3 is 5.97 Å². The number of ether oxygens (including phenoxy) is 2. The lowest BCUT2D eigenvalue weighted by atomic mass is 10.1. The van der Waals surface area contributed by atoms with Crippen LogP contribution in [-0.2, 0) is 11.2 Å². The Kier molecular flexibility index (Phi) is 7.62. The number of methoxy groups -OCH3 is 2. The van der Waals surface area contributed by atoms with Crippen LogP contribution in [0.25, 0.3) is 0 Å². The van der Waals surface area contributed by atoms with Crippen LogP contribution in [0.15, 0.2) is 54.6 Å². The second-order valence-corrected chi connectivity index (χ2v) is 7.95. The fourth-order valence-electron chi connectivity index (χ4n) is 3.15. The fourth-order valence-corrected chi connectivity index (χ4v) is 4.26. The van der Waals surface area contributed by atoms with Crippen molar-refractivity contribution >= 4 is 34.1 Å². The number of carbonyl (C=O) groups is 3. The molecule has 3 rings (SSSR count). The molecule has 2 N–H and O–H groups in total. The molecule has 8 heteroatoms. The van der Waals surface area contributed by atoms with E-state index in [1.165, 1.54) is 14.2 Å². The van der Waals surface area contributed by atoms with Gasteiger partial charge in [0.1, 0.15) is 10.8 Å². The highest BCUT2D eigenvalue weighted by Crippen LogP contribution is 2.34. The maximum absolute atomic E-state index is 12.8. The molecule has 0 saturated heterocycles. The number of hydrogen-bond donors (Lipinski definition) is 2. The average molecular weight is 453 g/mol. The Morgan fingerprint density at radius 2 is 1.72 bits per heavy atom. The Morgan fingerprint density at radius 3 is 2.41 bits per heavy atom. The summed E-state index contributed by atoms with van der Waals surface area (Å²) in [5.41, 5.74) is 2.10. The lowest BCUT2D eigenvalue weighted by Crippen LogP contribution is -2.25. The number of esters is 1. The van der Waals surface area contributed by atoms with Gasteiger partial charge in [-0.05, 0) is 42.7 Å². The summed E-state index contributed by atoms with van der Waals surface area (Å²) in [6.07, 6.45) is 0.681. The molecular formula is C24H24N2O5S. The molecule has 2 amide bonds. The van der Waals surface area contributed by atoms with Gasteiger partial charge in [-0.15, -0.1) is 11.3 Å². The number of carbonyl (C=O) groups excluding carboxylic acids is 3. The Morgan fingerprint density at radius 1 is 0.969 bits per heavy atom. The maximum Gasteiger partial charge on any atom is 0.341 e. The molecule has 0 radical (unpaired) electrons. The Hall–Kier alpha value is -3.65. The number of anilines is 1. The van der Waals surface area contributed by atoms with Gasteiger partial charge in [-0.2, -0.15) is 0 Å². The van der Waals surface area contributed by atoms with Crippen molar-refractivity contribution in [3.8, 4) is 5.75 Å². The van der Waals surface area contributed by atoms with Crippen molar-refractivity contribution in [1.29, 1.82) is 0 Å². The first kappa shape index (κ1) is 23.0. The van der Waals surface area contributed by atoms with Crippen molar-refractivity contribution in [2.24, 2.45) is 0 Å². The van der Waals surface area contributed by atoms with Gasteiger partial charge in [0.05, 0.1) is 24.7 Å². The predicted octanol–water partition coefficient (Wildman–Crippen LogP) is 4.08. The van der Waals surface area contributed by atoms with Crippen LogP contribution in [-0.4, -0.2) is 38.5 Å². The minimum Gasteiger partial charge on any atom is -0.497 e. The highest BCUT2D eigenvalue weighted by Gasteiger charge is 2.26. The summed E-state index contributed by atoms with van der Waals surface area (Å²) in [6, 6.07) is 16.4. The smallest absolute Gasteiger partial charge is 0.341 e. The molecule has 0 fully saturated rings. The van der Waals surface area contributed by atoms with E-state index in [0.717, 1.165) is 16.9 Å². The summed E-state index contributed by atoms with van der Waals surface area (Å²) in [7, 11) is 2.77. The number of hydrogen-bond acceptors (Lipinski definition) is 6. The third-order valence-corrected chi connectivity index (χ3v) is 6.05. The van der Waals surface area contributed by atoms with Crippen molar-refractivity contribution in [3.05, 3.63) is 81.7 Å². The third-order valence-electron chi connectivity index (χ3n) is 4.84. The van der Waals surface area contributed by atoms with Crippen LogP contribution in [0.5, 0.6) is 5.75 Å². The second kappa shape index (κ2) is 10.6. The molecule has 0 bridgehead atoms. The molecule has 0 aliphatic heterocycles. The lowest BCUT2D eigenvalue weighted by Gasteiger charge is -2.07. The summed E-state index contributed by atoms with van der Waals surface area (Å²) in [6.45, 7) is 2.11. The van der Waals surface area contributed by atoms with E-state index in [9.17, 15) is 14.4 Å². The van der Waals surface area contributed by atoms with Crippen molar-refractivity contribution in [2.75, 3.05) is 26.1 Å². The van der Waals surface area contributed by atoms with Crippen LogP contribution < -0.4 is 15.4 Å². The molecule has 1 aromatic heterocycles. The predicted molar refractivity (Wildman–Crippen MR) is 124 cm³/mol. The molecule has 0 unspecified atom stereocenters. The van der Waals surface area contributed by atoms with E-state index in [1.54, 1.807) is 31.2 Å². The number of rotatable bonds is 8. The minimum atomic E-state index is -0.622. The standard InChI is InChI=1S/C24H24N2O5S/c1-15-19(24(29)31-3)23(26-21(27)17-10-7-11-18(14-17)30-2)32-20(15)22(28)25-13-12-16-8-5-4-6-9-16/h4-11,14H,12-13H2,1-3H3,(H,25,28)(H,26,27). The Balaban J connectivity index is 1.80. The van der Waals surface area contributed by atoms with E-state index in [1.807, 2.05) is 30.3 Å². The van der Waals surface area contributed by atoms with Crippen LogP contribution in [0, 0.1) is 6.92 Å². The monoisotopic (exact) mass is 452 g/mol. The normalized spacial score (nSPS) is 10.3. The zero-order valence-electron chi connectivity index (χ0n) is 18.1. The lowest BCUT2D eigenvalue weighted by molar-refractivity contribution is 0.0601. The van der Waals surface area contributed by atoms with Gasteiger partial charge in [0.15, 0.2) is 0 Å². The Labute approximate surface area is 190 Å². The van der Waals surface area contributed by atoms with E-state index in [4.69, 9.17) is 9.47 Å². The Bertz CT molecular complexity index is 1120. The van der Waals surface area contributed by atoms with Gasteiger partial charge in [-0.1, -0.05) is 36.4 Å². The topological polar surface area (TPSA) is 93.7 Å². The SMILES string of the molecule is COC(=O)c1c(NC(=O)c2cccc(OC)c2)sc(C(=O)NCCc2ccccc2)c1C. The van der Waals surface area contributed by atoms with Gasteiger partial charge in [0, 0.05) is 12.1 Å². The largest absolute Gasteiger partial charge is 0.497 e. The van der Waals surface area contributed by atoms with E-state index >= 15 is 0 Å². The van der Waals surface area contributed by atoms with Crippen LogP contribution in [0.3, 0.4) is 0 Å². The molecule has 0 aliphatic rings. The average Bonchev–Trinajstić information content (AvgIpc) is 3.14. The van der Waals surface area contributed by atoms with Gasteiger partial charge in [-0.3, -0.25) is 9.59 Å². The highest BCUT2D eigenvalue weighted by molar-refractivity contribution is 7.18. The van der Waals surface area contributed by atoms with Crippen LogP contribution in [0.4, 0.5) is 5.00 Å². The fraction of sp³-hybridized carbons (Fsp3) is 0.208. The molecular weight excluding hydrogens is 428 g/mol. The molecule has 0 spiro atoms. The summed E-state index contributed by atoms with van der Waals surface area (Å²) in [5, 5.41) is 5.87. The van der Waals surface area contributed by atoms with Crippen LogP contribution >= 0.6 is 11.3 Å². The molecule has 1 heterocycles. The summed E-state index contributed by atoms with van der Waals surface area (Å²) >= 11 is 1.04. The molecule has 0 saturated carbocycles. The molecule has 166 valence electrons. The summed E-state index contributed by atoms with van der Waals surface area (Å²) < 4.78 is 10.0. The number of nitrogens with one attached hydrogen (secondary N) is 2. The quantitative estimate of drug-likeness (QED) is 0.503. The first-order valence-electron chi connectivity index (χ1n) is 9.93.